The van der Waals surface area contributed by atoms with Crippen LogP contribution >= 0.6 is 11.8 Å². The third-order valence-corrected chi connectivity index (χ3v) is 4.83. The Bertz CT molecular complexity index is 205. The molecule has 1 saturated carbocycles. The highest BCUT2D eigenvalue weighted by Crippen LogP contribution is 2.23. The molecule has 1 fully saturated rings. The van der Waals surface area contributed by atoms with Crippen LogP contribution in [0.3, 0.4) is 0 Å². The lowest BCUT2D eigenvalue weighted by Crippen LogP contribution is -2.37. The molecule has 0 aliphatic heterocycles. The van der Waals surface area contributed by atoms with Crippen LogP contribution < -0.4 is 0 Å². The van der Waals surface area contributed by atoms with Crippen LogP contribution in [0.5, 0.6) is 0 Å². The number of thioether (sulfide) groups is 1. The maximum absolute atomic E-state index is 2.63. The predicted octanol–water partition coefficient (Wildman–Crippen LogP) is 3.57. The van der Waals surface area contributed by atoms with E-state index in [9.17, 15) is 0 Å². The van der Waals surface area contributed by atoms with Crippen LogP contribution in [0.15, 0.2) is 0 Å². The Balaban J connectivity index is 2.16. The first-order chi connectivity index (χ1) is 9.26. The fourth-order valence-electron chi connectivity index (χ4n) is 3.09. The summed E-state index contributed by atoms with van der Waals surface area (Å²) < 4.78 is 0. The van der Waals surface area contributed by atoms with Crippen LogP contribution in [0.4, 0.5) is 0 Å². The molecule has 0 aromatic rings. The molecule has 0 saturated heterocycles. The lowest BCUT2D eigenvalue weighted by atomic mass is 9.89. The van der Waals surface area contributed by atoms with Crippen molar-refractivity contribution in [2.24, 2.45) is 5.92 Å². The Morgan fingerprint density at radius 1 is 1.00 bits per heavy atom. The maximum Gasteiger partial charge on any atom is 0.0110 e. The molecule has 0 heterocycles. The van der Waals surface area contributed by atoms with Gasteiger partial charge in [0.05, 0.1) is 0 Å². The Labute approximate surface area is 125 Å². The quantitative estimate of drug-likeness (QED) is 0.606. The molecule has 0 bridgehead atoms. The van der Waals surface area contributed by atoms with Gasteiger partial charge < -0.3 is 9.80 Å². The summed E-state index contributed by atoms with van der Waals surface area (Å²) in [7, 11) is 2.31. The molecule has 0 aromatic heterocycles. The van der Waals surface area contributed by atoms with E-state index in [1.54, 1.807) is 0 Å². The van der Waals surface area contributed by atoms with Gasteiger partial charge in [-0.1, -0.05) is 26.2 Å². The van der Waals surface area contributed by atoms with Gasteiger partial charge in [0.15, 0.2) is 0 Å². The molecule has 0 atom stereocenters. The third-order valence-electron chi connectivity index (χ3n) is 4.24. The molecule has 0 spiro atoms. The van der Waals surface area contributed by atoms with Crippen molar-refractivity contribution in [2.45, 2.75) is 45.4 Å². The Morgan fingerprint density at radius 2 is 1.74 bits per heavy atom. The summed E-state index contributed by atoms with van der Waals surface area (Å²) in [5, 5.41) is 0. The predicted molar refractivity (Wildman–Crippen MR) is 89.2 cm³/mol. The normalized spacial score (nSPS) is 17.5. The van der Waals surface area contributed by atoms with Crippen molar-refractivity contribution in [3.63, 3.8) is 0 Å². The minimum atomic E-state index is 0.976. The van der Waals surface area contributed by atoms with Crippen LogP contribution in [0.25, 0.3) is 0 Å². The Hall–Kier alpha value is 0.270. The van der Waals surface area contributed by atoms with Gasteiger partial charge in [-0.2, -0.15) is 11.8 Å². The first-order valence-electron chi connectivity index (χ1n) is 8.16. The van der Waals surface area contributed by atoms with Crippen molar-refractivity contribution < 1.29 is 0 Å². The molecule has 2 nitrogen and oxygen atoms in total. The van der Waals surface area contributed by atoms with Crippen molar-refractivity contribution in [1.82, 2.24) is 9.80 Å². The molecule has 0 N–H and O–H groups in total. The van der Waals surface area contributed by atoms with Gasteiger partial charge in [-0.3, -0.25) is 0 Å². The van der Waals surface area contributed by atoms with Crippen LogP contribution in [0.1, 0.15) is 45.4 Å². The highest BCUT2D eigenvalue weighted by Gasteiger charge is 2.15. The molecule has 1 aliphatic carbocycles. The Morgan fingerprint density at radius 3 is 2.37 bits per heavy atom. The van der Waals surface area contributed by atoms with Gasteiger partial charge in [-0.25, -0.2) is 0 Å². The second kappa shape index (κ2) is 11.0. The zero-order valence-corrected chi connectivity index (χ0v) is 14.2. The largest absolute Gasteiger partial charge is 0.305 e. The van der Waals surface area contributed by atoms with Gasteiger partial charge in [0.25, 0.3) is 0 Å². The molecule has 0 amide bonds. The minimum absolute atomic E-state index is 0.976. The summed E-state index contributed by atoms with van der Waals surface area (Å²) in [6.45, 7) is 8.62. The van der Waals surface area contributed by atoms with Gasteiger partial charge in [-0.15, -0.1) is 0 Å². The van der Waals surface area contributed by atoms with Gasteiger partial charge in [-0.05, 0) is 45.0 Å². The van der Waals surface area contributed by atoms with Crippen molar-refractivity contribution in [3.8, 4) is 0 Å². The summed E-state index contributed by atoms with van der Waals surface area (Å²) >= 11 is 1.96. The molecule has 1 rings (SSSR count). The number of nitrogens with zero attached hydrogens (tertiary/aromatic N) is 2. The van der Waals surface area contributed by atoms with Crippen LogP contribution in [-0.4, -0.2) is 61.6 Å². The van der Waals surface area contributed by atoms with Crippen molar-refractivity contribution in [1.29, 1.82) is 0 Å². The highest BCUT2D eigenvalue weighted by atomic mass is 32.2. The monoisotopic (exact) mass is 286 g/mol. The lowest BCUT2D eigenvalue weighted by molar-refractivity contribution is 0.197. The van der Waals surface area contributed by atoms with E-state index in [1.807, 2.05) is 11.8 Å². The standard InChI is InChI=1S/C16H34N2S/c1-4-10-18(13-14-19-3)12-11-17(2)15-16-8-6-5-7-9-16/h16H,4-15H2,1-3H3. The minimum Gasteiger partial charge on any atom is -0.305 e. The Kier molecular flexibility index (Phi) is 10.0. The molecule has 1 aliphatic rings. The lowest BCUT2D eigenvalue weighted by Gasteiger charge is -2.29. The van der Waals surface area contributed by atoms with Crippen molar-refractivity contribution in [2.75, 3.05) is 51.8 Å². The van der Waals surface area contributed by atoms with E-state index in [-0.39, 0.29) is 0 Å². The average Bonchev–Trinajstić information content (AvgIpc) is 2.43. The van der Waals surface area contributed by atoms with Crippen LogP contribution in [-0.2, 0) is 0 Å². The molecule has 114 valence electrons. The second-order valence-corrected chi connectivity index (χ2v) is 7.09. The summed E-state index contributed by atoms with van der Waals surface area (Å²) in [5.74, 6) is 2.25. The van der Waals surface area contributed by atoms with Gasteiger partial charge >= 0.3 is 0 Å². The summed E-state index contributed by atoms with van der Waals surface area (Å²) in [5.41, 5.74) is 0. The zero-order valence-electron chi connectivity index (χ0n) is 13.4. The van der Waals surface area contributed by atoms with E-state index in [0.717, 1.165) is 5.92 Å². The van der Waals surface area contributed by atoms with Crippen molar-refractivity contribution >= 4 is 11.8 Å². The summed E-state index contributed by atoms with van der Waals surface area (Å²) in [6.07, 6.45) is 10.8. The molecule has 0 aromatic carbocycles. The molecular formula is C16H34N2S. The van der Waals surface area contributed by atoms with E-state index >= 15 is 0 Å². The third kappa shape index (κ3) is 8.21. The van der Waals surface area contributed by atoms with Gasteiger partial charge in [0.1, 0.15) is 0 Å². The summed E-state index contributed by atoms with van der Waals surface area (Å²) in [6, 6.07) is 0. The van der Waals surface area contributed by atoms with Crippen molar-refractivity contribution in [3.05, 3.63) is 0 Å². The second-order valence-electron chi connectivity index (χ2n) is 6.10. The van der Waals surface area contributed by atoms with Crippen LogP contribution in [0.2, 0.25) is 0 Å². The van der Waals surface area contributed by atoms with E-state index in [1.165, 1.54) is 77.0 Å². The summed E-state index contributed by atoms with van der Waals surface area (Å²) in [4.78, 5) is 5.20. The smallest absolute Gasteiger partial charge is 0.0110 e. The number of likely N-dealkylation sites (N-methyl/N-ethyl adjacent to an activating group) is 1. The highest BCUT2D eigenvalue weighted by molar-refractivity contribution is 7.98. The maximum atomic E-state index is 2.63. The first kappa shape index (κ1) is 17.3. The van der Waals surface area contributed by atoms with E-state index < -0.39 is 0 Å². The van der Waals surface area contributed by atoms with Gasteiger partial charge in [0.2, 0.25) is 0 Å². The molecule has 3 heteroatoms. The number of rotatable bonds is 10. The molecule has 19 heavy (non-hydrogen) atoms. The topological polar surface area (TPSA) is 6.48 Å². The fraction of sp³-hybridized carbons (Fsp3) is 1.00. The average molecular weight is 287 g/mol. The van der Waals surface area contributed by atoms with E-state index in [0.29, 0.717) is 0 Å². The van der Waals surface area contributed by atoms with E-state index in [2.05, 4.69) is 30.0 Å². The molecule has 0 unspecified atom stereocenters. The molecular weight excluding hydrogens is 252 g/mol. The first-order valence-corrected chi connectivity index (χ1v) is 9.55. The van der Waals surface area contributed by atoms with Crippen LogP contribution in [0, 0.1) is 5.92 Å². The fourth-order valence-corrected chi connectivity index (χ4v) is 3.53. The number of hydrogen-bond donors (Lipinski definition) is 0. The van der Waals surface area contributed by atoms with E-state index in [4.69, 9.17) is 0 Å². The van der Waals surface area contributed by atoms with Gasteiger partial charge in [0, 0.05) is 31.9 Å². The SMILES string of the molecule is CCCN(CCSC)CCN(C)CC1CCCCC1. The number of hydrogen-bond acceptors (Lipinski definition) is 3. The molecule has 0 radical (unpaired) electrons. The zero-order chi connectivity index (χ0) is 13.9.